The zero-order valence-corrected chi connectivity index (χ0v) is 10.5. The minimum Gasteiger partial charge on any atom is -1.00 e. The first-order chi connectivity index (χ1) is 6.84. The Labute approximate surface area is 94.6 Å². The minimum atomic E-state index is 0. The molecule has 0 amide bonds. The molecule has 1 fully saturated rings. The molecule has 92 valence electrons. The first kappa shape index (κ1) is 14.9. The van der Waals surface area contributed by atoms with Crippen molar-refractivity contribution in [3.05, 3.63) is 0 Å². The summed E-state index contributed by atoms with van der Waals surface area (Å²) in [5.41, 5.74) is 0. The number of piperidine rings is 1. The molecule has 1 nitrogen and oxygen atoms in total. The van der Waals surface area contributed by atoms with Gasteiger partial charge in [-0.3, -0.25) is 0 Å². The van der Waals surface area contributed by atoms with E-state index < -0.39 is 0 Å². The van der Waals surface area contributed by atoms with Gasteiger partial charge in [0, 0.05) is 0 Å². The van der Waals surface area contributed by atoms with Gasteiger partial charge in [-0.2, -0.15) is 0 Å². The molecule has 2 atom stereocenters. The standard InChI is InChI=1S/C13H27N.FH/c1-3-4-5-6-8-11-14-12-9-7-10-13(14)2;/h13H,3-12H2,1-2H3;1H. The maximum Gasteiger partial charge on any atom is 0.0846 e. The molecule has 0 saturated carbocycles. The molecule has 1 N–H and O–H groups in total. The Morgan fingerprint density at radius 2 is 1.80 bits per heavy atom. The Morgan fingerprint density at radius 1 is 1.07 bits per heavy atom. The van der Waals surface area contributed by atoms with Crippen LogP contribution in [0.4, 0.5) is 0 Å². The molecule has 2 unspecified atom stereocenters. The number of nitrogens with one attached hydrogen (secondary N) is 1. The molecule has 0 aromatic heterocycles. The van der Waals surface area contributed by atoms with Crippen LogP contribution in [0.5, 0.6) is 0 Å². The summed E-state index contributed by atoms with van der Waals surface area (Å²) in [6, 6.07) is 0.940. The van der Waals surface area contributed by atoms with E-state index in [0.29, 0.717) is 0 Å². The third kappa shape index (κ3) is 6.14. The van der Waals surface area contributed by atoms with Gasteiger partial charge in [-0.15, -0.1) is 0 Å². The summed E-state index contributed by atoms with van der Waals surface area (Å²) in [5.74, 6) is 0. The van der Waals surface area contributed by atoms with Crippen LogP contribution in [-0.2, 0) is 0 Å². The van der Waals surface area contributed by atoms with Crippen LogP contribution in [0.1, 0.15) is 65.2 Å². The van der Waals surface area contributed by atoms with E-state index in [1.54, 1.807) is 0 Å². The number of hydrogen-bond donors (Lipinski definition) is 1. The molecular weight excluding hydrogens is 189 g/mol. The fourth-order valence-electron chi connectivity index (χ4n) is 2.58. The van der Waals surface area contributed by atoms with Crippen LogP contribution < -0.4 is 9.60 Å². The van der Waals surface area contributed by atoms with Gasteiger partial charge >= 0.3 is 0 Å². The highest BCUT2D eigenvalue weighted by Gasteiger charge is 2.20. The maximum absolute atomic E-state index is 2.43. The van der Waals surface area contributed by atoms with Crippen LogP contribution in [0.15, 0.2) is 0 Å². The largest absolute Gasteiger partial charge is 1.00 e. The normalized spacial score (nSPS) is 26.0. The molecule has 15 heavy (non-hydrogen) atoms. The van der Waals surface area contributed by atoms with Crippen LogP contribution in [0.3, 0.4) is 0 Å². The summed E-state index contributed by atoms with van der Waals surface area (Å²) < 4.78 is 0. The van der Waals surface area contributed by atoms with Crippen molar-refractivity contribution in [1.82, 2.24) is 0 Å². The number of halogens is 1. The number of likely N-dealkylation sites (tertiary alicyclic amines) is 1. The van der Waals surface area contributed by atoms with E-state index in [4.69, 9.17) is 0 Å². The van der Waals surface area contributed by atoms with Crippen LogP contribution in [0, 0.1) is 0 Å². The Hall–Kier alpha value is -0.110. The Bertz CT molecular complexity index is 138. The summed E-state index contributed by atoms with van der Waals surface area (Å²) in [6.07, 6.45) is 11.6. The van der Waals surface area contributed by atoms with E-state index in [0.717, 1.165) is 6.04 Å². The van der Waals surface area contributed by atoms with E-state index in [2.05, 4.69) is 13.8 Å². The van der Waals surface area contributed by atoms with Crippen LogP contribution in [0.25, 0.3) is 0 Å². The Morgan fingerprint density at radius 3 is 2.47 bits per heavy atom. The highest BCUT2D eigenvalue weighted by Crippen LogP contribution is 2.04. The fraction of sp³-hybridized carbons (Fsp3) is 1.00. The van der Waals surface area contributed by atoms with Gasteiger partial charge in [-0.25, -0.2) is 0 Å². The van der Waals surface area contributed by atoms with E-state index in [1.165, 1.54) is 64.5 Å². The van der Waals surface area contributed by atoms with E-state index in [-0.39, 0.29) is 4.70 Å². The van der Waals surface area contributed by atoms with Gasteiger partial charge in [0.25, 0.3) is 0 Å². The van der Waals surface area contributed by atoms with Gasteiger partial charge in [0.15, 0.2) is 0 Å². The third-order valence-electron chi connectivity index (χ3n) is 3.68. The van der Waals surface area contributed by atoms with Crippen molar-refractivity contribution in [3.8, 4) is 0 Å². The topological polar surface area (TPSA) is 4.44 Å². The molecule has 0 radical (unpaired) electrons. The number of hydrogen-bond acceptors (Lipinski definition) is 0. The van der Waals surface area contributed by atoms with Crippen LogP contribution in [0.2, 0.25) is 0 Å². The maximum atomic E-state index is 2.43. The van der Waals surface area contributed by atoms with Crippen LogP contribution in [-0.4, -0.2) is 19.1 Å². The zero-order chi connectivity index (χ0) is 10.2. The van der Waals surface area contributed by atoms with Gasteiger partial charge in [0.2, 0.25) is 0 Å². The lowest BCUT2D eigenvalue weighted by Gasteiger charge is -2.30. The summed E-state index contributed by atoms with van der Waals surface area (Å²) >= 11 is 0. The Balaban J connectivity index is 0.00000196. The summed E-state index contributed by atoms with van der Waals surface area (Å²) in [5, 5.41) is 0. The average molecular weight is 217 g/mol. The lowest BCUT2D eigenvalue weighted by atomic mass is 10.0. The van der Waals surface area contributed by atoms with Gasteiger partial charge in [0.1, 0.15) is 0 Å². The zero-order valence-electron chi connectivity index (χ0n) is 10.5. The molecule has 2 heteroatoms. The average Bonchev–Trinajstić information content (AvgIpc) is 2.20. The van der Waals surface area contributed by atoms with Gasteiger partial charge in [-0.1, -0.05) is 26.2 Å². The Kier molecular flexibility index (Phi) is 9.07. The smallest absolute Gasteiger partial charge is 0.0846 e. The lowest BCUT2D eigenvalue weighted by Crippen LogP contribution is -3.16. The molecule has 1 heterocycles. The SMILES string of the molecule is CCCCCCC[NH+]1CCCCC1C.[F-]. The second kappa shape index (κ2) is 9.14. The predicted octanol–water partition coefficient (Wildman–Crippen LogP) is -0.582. The number of rotatable bonds is 6. The summed E-state index contributed by atoms with van der Waals surface area (Å²) in [6.45, 7) is 7.60. The van der Waals surface area contributed by atoms with Gasteiger partial charge in [-0.05, 0) is 39.0 Å². The molecular formula is C13H28FN. The van der Waals surface area contributed by atoms with Crippen molar-refractivity contribution in [2.24, 2.45) is 0 Å². The second-order valence-electron chi connectivity index (χ2n) is 4.97. The molecule has 0 aromatic rings. The molecule has 0 aromatic carbocycles. The minimum absolute atomic E-state index is 0. The van der Waals surface area contributed by atoms with Gasteiger partial charge < -0.3 is 9.60 Å². The van der Waals surface area contributed by atoms with Crippen molar-refractivity contribution < 1.29 is 9.60 Å². The third-order valence-corrected chi connectivity index (χ3v) is 3.68. The molecule has 1 saturated heterocycles. The predicted molar refractivity (Wildman–Crippen MR) is 62.8 cm³/mol. The number of quaternary nitrogens is 1. The van der Waals surface area contributed by atoms with Gasteiger partial charge in [0.05, 0.1) is 19.1 Å². The van der Waals surface area contributed by atoms with E-state index in [9.17, 15) is 0 Å². The highest BCUT2D eigenvalue weighted by molar-refractivity contribution is 4.55. The number of unbranched alkanes of at least 4 members (excludes halogenated alkanes) is 4. The first-order valence-electron chi connectivity index (χ1n) is 6.69. The quantitative estimate of drug-likeness (QED) is 0.568. The monoisotopic (exact) mass is 217 g/mol. The summed E-state index contributed by atoms with van der Waals surface area (Å²) in [7, 11) is 0. The van der Waals surface area contributed by atoms with Crippen molar-refractivity contribution in [3.63, 3.8) is 0 Å². The van der Waals surface area contributed by atoms with Crippen molar-refractivity contribution >= 4 is 0 Å². The highest BCUT2D eigenvalue weighted by atomic mass is 19.0. The van der Waals surface area contributed by atoms with Crippen molar-refractivity contribution in [1.29, 1.82) is 0 Å². The molecule has 1 rings (SSSR count). The second-order valence-corrected chi connectivity index (χ2v) is 4.97. The lowest BCUT2D eigenvalue weighted by molar-refractivity contribution is -0.928. The van der Waals surface area contributed by atoms with E-state index >= 15 is 0 Å². The summed E-state index contributed by atoms with van der Waals surface area (Å²) in [4.78, 5) is 1.88. The fourth-order valence-corrected chi connectivity index (χ4v) is 2.58. The van der Waals surface area contributed by atoms with Crippen molar-refractivity contribution in [2.45, 2.75) is 71.3 Å². The van der Waals surface area contributed by atoms with Crippen LogP contribution >= 0.6 is 0 Å². The molecule has 1 aliphatic heterocycles. The van der Waals surface area contributed by atoms with Crippen molar-refractivity contribution in [2.75, 3.05) is 13.1 Å². The van der Waals surface area contributed by atoms with E-state index in [1.807, 2.05) is 4.90 Å². The first-order valence-corrected chi connectivity index (χ1v) is 6.69. The molecule has 0 aliphatic carbocycles. The molecule has 0 spiro atoms. The molecule has 0 bridgehead atoms. The molecule has 1 aliphatic rings.